The van der Waals surface area contributed by atoms with E-state index in [1.807, 2.05) is 0 Å². The number of rotatable bonds is 6. The molecule has 6 nitrogen and oxygen atoms in total. The highest BCUT2D eigenvalue weighted by Crippen LogP contribution is 2.31. The lowest BCUT2D eigenvalue weighted by Crippen LogP contribution is -2.58. The van der Waals surface area contributed by atoms with Gasteiger partial charge in [-0.2, -0.15) is 0 Å². The average Bonchev–Trinajstić information content (AvgIpc) is 3.29. The molecule has 1 aromatic carbocycles. The smallest absolute Gasteiger partial charge is 0.191 e. The maximum atomic E-state index is 5.19. The van der Waals surface area contributed by atoms with Crippen LogP contribution in [0.5, 0.6) is 0 Å². The predicted molar refractivity (Wildman–Crippen MR) is 131 cm³/mol. The highest BCUT2D eigenvalue weighted by atomic mass is 15.3. The van der Waals surface area contributed by atoms with Crippen LogP contribution in [0.2, 0.25) is 0 Å². The SMILES string of the molecule is CCNC(=NCC1(N2CCCCC2)CCN(C)CC1)NC1CCN(c2ccccc2)C1. The van der Waals surface area contributed by atoms with Crippen molar-refractivity contribution < 1.29 is 0 Å². The van der Waals surface area contributed by atoms with Gasteiger partial charge < -0.3 is 20.4 Å². The molecule has 0 aliphatic carbocycles. The van der Waals surface area contributed by atoms with Gasteiger partial charge >= 0.3 is 0 Å². The van der Waals surface area contributed by atoms with E-state index in [0.29, 0.717) is 6.04 Å². The van der Waals surface area contributed by atoms with Crippen LogP contribution in [0.1, 0.15) is 45.4 Å². The molecule has 4 rings (SSSR count). The van der Waals surface area contributed by atoms with Crippen LogP contribution in [0, 0.1) is 0 Å². The van der Waals surface area contributed by atoms with E-state index in [1.54, 1.807) is 0 Å². The van der Waals surface area contributed by atoms with Gasteiger partial charge in [0.15, 0.2) is 5.96 Å². The van der Waals surface area contributed by atoms with E-state index in [9.17, 15) is 0 Å². The van der Waals surface area contributed by atoms with Crippen LogP contribution in [0.25, 0.3) is 0 Å². The molecule has 0 spiro atoms. The van der Waals surface area contributed by atoms with Crippen molar-refractivity contribution in [2.24, 2.45) is 4.99 Å². The molecule has 3 aliphatic heterocycles. The molecule has 1 aromatic rings. The third-order valence-electron chi connectivity index (χ3n) is 7.47. The summed E-state index contributed by atoms with van der Waals surface area (Å²) >= 11 is 0. The molecule has 0 amide bonds. The summed E-state index contributed by atoms with van der Waals surface area (Å²) in [5.41, 5.74) is 1.56. The molecule has 172 valence electrons. The van der Waals surface area contributed by atoms with E-state index in [1.165, 1.54) is 64.0 Å². The Morgan fingerprint density at radius 2 is 1.77 bits per heavy atom. The number of likely N-dealkylation sites (tertiary alicyclic amines) is 2. The first-order valence-corrected chi connectivity index (χ1v) is 12.5. The lowest BCUT2D eigenvalue weighted by Gasteiger charge is -2.49. The number of hydrogen-bond acceptors (Lipinski definition) is 4. The first-order chi connectivity index (χ1) is 15.2. The van der Waals surface area contributed by atoms with Crippen LogP contribution in [0.15, 0.2) is 35.3 Å². The Morgan fingerprint density at radius 3 is 2.48 bits per heavy atom. The van der Waals surface area contributed by atoms with E-state index < -0.39 is 0 Å². The zero-order valence-corrected chi connectivity index (χ0v) is 19.7. The van der Waals surface area contributed by atoms with Crippen molar-refractivity contribution in [1.82, 2.24) is 20.4 Å². The van der Waals surface area contributed by atoms with Gasteiger partial charge in [0.05, 0.1) is 6.54 Å². The van der Waals surface area contributed by atoms with E-state index in [-0.39, 0.29) is 5.54 Å². The Morgan fingerprint density at radius 1 is 1.03 bits per heavy atom. The molecule has 1 atom stereocenters. The number of anilines is 1. The van der Waals surface area contributed by atoms with Crippen molar-refractivity contribution >= 4 is 11.6 Å². The summed E-state index contributed by atoms with van der Waals surface area (Å²) in [6, 6.07) is 11.2. The van der Waals surface area contributed by atoms with Crippen LogP contribution >= 0.6 is 0 Å². The highest BCUT2D eigenvalue weighted by Gasteiger charge is 2.39. The topological polar surface area (TPSA) is 46.1 Å². The van der Waals surface area contributed by atoms with Crippen molar-refractivity contribution in [3.05, 3.63) is 30.3 Å². The van der Waals surface area contributed by atoms with Gasteiger partial charge in [0, 0.05) is 36.9 Å². The Bertz CT molecular complexity index is 691. The van der Waals surface area contributed by atoms with Gasteiger partial charge in [-0.3, -0.25) is 9.89 Å². The molecule has 3 heterocycles. The first-order valence-electron chi connectivity index (χ1n) is 12.5. The standard InChI is InChI=1S/C25H42N6/c1-3-26-24(28-22-12-17-30(20-22)23-10-6-4-7-11-23)27-21-25(13-18-29(2)19-14-25)31-15-8-5-9-16-31/h4,6-7,10-11,22H,3,5,8-9,12-21H2,1-2H3,(H2,26,27,28). The number of para-hydroxylation sites is 1. The molecule has 1 unspecified atom stereocenters. The third kappa shape index (κ3) is 5.72. The Balaban J connectivity index is 1.41. The molecule has 3 aliphatic rings. The third-order valence-corrected chi connectivity index (χ3v) is 7.47. The second-order valence-electron chi connectivity index (χ2n) is 9.68. The molecule has 31 heavy (non-hydrogen) atoms. The van der Waals surface area contributed by atoms with E-state index in [0.717, 1.165) is 38.6 Å². The normalized spacial score (nSPS) is 25.5. The molecule has 2 N–H and O–H groups in total. The molecule has 0 aromatic heterocycles. The minimum atomic E-state index is 0.237. The van der Waals surface area contributed by atoms with Crippen molar-refractivity contribution in [1.29, 1.82) is 0 Å². The Hall–Kier alpha value is -1.79. The first kappa shape index (κ1) is 22.4. The number of nitrogens with one attached hydrogen (secondary N) is 2. The Kier molecular flexibility index (Phi) is 7.72. The fourth-order valence-electron chi connectivity index (χ4n) is 5.47. The van der Waals surface area contributed by atoms with Crippen LogP contribution in [-0.2, 0) is 0 Å². The minimum absolute atomic E-state index is 0.237. The fourth-order valence-corrected chi connectivity index (χ4v) is 5.47. The summed E-state index contributed by atoms with van der Waals surface area (Å²) in [7, 11) is 2.26. The monoisotopic (exact) mass is 426 g/mol. The van der Waals surface area contributed by atoms with Gasteiger partial charge in [0.2, 0.25) is 0 Å². The van der Waals surface area contributed by atoms with Gasteiger partial charge in [0.25, 0.3) is 0 Å². The summed E-state index contributed by atoms with van der Waals surface area (Å²) < 4.78 is 0. The molecule has 3 saturated heterocycles. The van der Waals surface area contributed by atoms with E-state index in [4.69, 9.17) is 4.99 Å². The van der Waals surface area contributed by atoms with Crippen LogP contribution in [0.4, 0.5) is 5.69 Å². The predicted octanol–water partition coefficient (Wildman–Crippen LogP) is 2.77. The summed E-state index contributed by atoms with van der Waals surface area (Å²) in [5.74, 6) is 0.998. The van der Waals surface area contributed by atoms with E-state index >= 15 is 0 Å². The quantitative estimate of drug-likeness (QED) is 0.541. The lowest BCUT2D eigenvalue weighted by molar-refractivity contribution is 0.0208. The van der Waals surface area contributed by atoms with Crippen LogP contribution < -0.4 is 15.5 Å². The number of aliphatic imine (C=N–C) groups is 1. The summed E-state index contributed by atoms with van der Waals surface area (Å²) in [6.45, 7) is 11.0. The molecule has 0 radical (unpaired) electrons. The summed E-state index contributed by atoms with van der Waals surface area (Å²) in [5, 5.41) is 7.28. The zero-order valence-electron chi connectivity index (χ0n) is 19.7. The molecular weight excluding hydrogens is 384 g/mol. The fraction of sp³-hybridized carbons (Fsp3) is 0.720. The van der Waals surface area contributed by atoms with Gasteiger partial charge in [-0.25, -0.2) is 0 Å². The molecule has 3 fully saturated rings. The van der Waals surface area contributed by atoms with Gasteiger partial charge in [-0.15, -0.1) is 0 Å². The number of guanidine groups is 1. The second-order valence-corrected chi connectivity index (χ2v) is 9.68. The maximum Gasteiger partial charge on any atom is 0.191 e. The number of nitrogens with zero attached hydrogens (tertiary/aromatic N) is 4. The number of piperidine rings is 2. The van der Waals surface area contributed by atoms with Crippen molar-refractivity contribution in [2.45, 2.75) is 57.0 Å². The number of hydrogen-bond donors (Lipinski definition) is 2. The lowest BCUT2D eigenvalue weighted by atomic mass is 9.84. The number of benzene rings is 1. The van der Waals surface area contributed by atoms with Crippen molar-refractivity contribution in [3.8, 4) is 0 Å². The van der Waals surface area contributed by atoms with E-state index in [2.05, 4.69) is 69.6 Å². The van der Waals surface area contributed by atoms with Crippen LogP contribution in [-0.4, -0.2) is 86.7 Å². The van der Waals surface area contributed by atoms with Gasteiger partial charge in [0.1, 0.15) is 0 Å². The Labute approximate surface area is 189 Å². The minimum Gasteiger partial charge on any atom is -0.369 e. The summed E-state index contributed by atoms with van der Waals surface area (Å²) in [6.07, 6.45) is 7.70. The summed E-state index contributed by atoms with van der Waals surface area (Å²) in [4.78, 5) is 12.9. The zero-order chi connectivity index (χ0) is 21.5. The molecule has 0 bridgehead atoms. The molecular formula is C25H42N6. The maximum absolute atomic E-state index is 5.19. The van der Waals surface area contributed by atoms with Crippen molar-refractivity contribution in [3.63, 3.8) is 0 Å². The van der Waals surface area contributed by atoms with Crippen molar-refractivity contribution in [2.75, 3.05) is 64.3 Å². The van der Waals surface area contributed by atoms with Crippen LogP contribution in [0.3, 0.4) is 0 Å². The molecule has 6 heteroatoms. The molecule has 0 saturated carbocycles. The van der Waals surface area contributed by atoms with Gasteiger partial charge in [-0.1, -0.05) is 24.6 Å². The largest absolute Gasteiger partial charge is 0.369 e. The second kappa shape index (κ2) is 10.7. The highest BCUT2D eigenvalue weighted by molar-refractivity contribution is 5.80. The average molecular weight is 427 g/mol. The van der Waals surface area contributed by atoms with Gasteiger partial charge in [-0.05, 0) is 84.4 Å².